The summed E-state index contributed by atoms with van der Waals surface area (Å²) >= 11 is 0. The molecule has 0 aliphatic heterocycles. The van der Waals surface area contributed by atoms with Crippen molar-refractivity contribution in [2.45, 2.75) is 33.4 Å². The van der Waals surface area contributed by atoms with Gasteiger partial charge in [-0.15, -0.1) is 0 Å². The molecule has 0 aliphatic rings. The van der Waals surface area contributed by atoms with Crippen molar-refractivity contribution < 1.29 is 15.0 Å². The van der Waals surface area contributed by atoms with Gasteiger partial charge in [0.2, 0.25) is 0 Å². The van der Waals surface area contributed by atoms with Crippen LogP contribution in [0.15, 0.2) is 12.1 Å². The van der Waals surface area contributed by atoms with Gasteiger partial charge in [-0.3, -0.25) is 4.79 Å². The van der Waals surface area contributed by atoms with E-state index in [1.165, 1.54) is 0 Å². The minimum atomic E-state index is -0.857. The molecular weight excluding hydrogens is 232 g/mol. The summed E-state index contributed by atoms with van der Waals surface area (Å²) < 4.78 is 1.77. The van der Waals surface area contributed by atoms with Gasteiger partial charge in [-0.25, -0.2) is 4.98 Å². The predicted molar refractivity (Wildman–Crippen MR) is 67.4 cm³/mol. The van der Waals surface area contributed by atoms with Gasteiger partial charge in [0.15, 0.2) is 0 Å². The van der Waals surface area contributed by atoms with Crippen molar-refractivity contribution in [1.29, 1.82) is 0 Å². The molecule has 2 aromatic rings. The van der Waals surface area contributed by atoms with Crippen LogP contribution in [-0.4, -0.2) is 25.7 Å². The molecule has 1 aromatic heterocycles. The maximum atomic E-state index is 10.7. The van der Waals surface area contributed by atoms with Crippen molar-refractivity contribution >= 4 is 17.0 Å². The summed E-state index contributed by atoms with van der Waals surface area (Å²) in [7, 11) is 0. The Labute approximate surface area is 105 Å². The molecule has 2 rings (SSSR count). The fourth-order valence-corrected chi connectivity index (χ4v) is 2.01. The molecule has 0 bridgehead atoms. The first-order valence-electron chi connectivity index (χ1n) is 5.82. The van der Waals surface area contributed by atoms with Gasteiger partial charge in [0.25, 0.3) is 0 Å². The van der Waals surface area contributed by atoms with Crippen LogP contribution >= 0.6 is 0 Å². The predicted octanol–water partition coefficient (Wildman–Crippen LogP) is 1.62. The molecular formula is C13H16N2O3. The molecule has 1 aromatic carbocycles. The third-order valence-corrected chi connectivity index (χ3v) is 3.13. The second-order valence-corrected chi connectivity index (χ2v) is 4.41. The Hall–Kier alpha value is -1.88. The molecule has 0 saturated heterocycles. The first kappa shape index (κ1) is 12.6. The average molecular weight is 248 g/mol. The monoisotopic (exact) mass is 248 g/mol. The molecule has 0 saturated carbocycles. The number of aliphatic hydroxyl groups excluding tert-OH is 1. The van der Waals surface area contributed by atoms with Crippen LogP contribution < -0.4 is 0 Å². The van der Waals surface area contributed by atoms with E-state index >= 15 is 0 Å². The number of carboxylic acids is 1. The van der Waals surface area contributed by atoms with Gasteiger partial charge in [-0.2, -0.15) is 0 Å². The summed E-state index contributed by atoms with van der Waals surface area (Å²) in [6.07, 6.45) is 0.0192. The quantitative estimate of drug-likeness (QED) is 0.862. The molecule has 96 valence electrons. The second-order valence-electron chi connectivity index (χ2n) is 4.41. The van der Waals surface area contributed by atoms with Crippen molar-refractivity contribution in [1.82, 2.24) is 9.55 Å². The number of aromatic nitrogens is 2. The molecule has 0 unspecified atom stereocenters. The fourth-order valence-electron chi connectivity index (χ4n) is 2.01. The van der Waals surface area contributed by atoms with Crippen LogP contribution in [0.25, 0.3) is 11.0 Å². The van der Waals surface area contributed by atoms with Crippen LogP contribution in [0, 0.1) is 13.8 Å². The number of hydrogen-bond acceptors (Lipinski definition) is 3. The molecule has 0 radical (unpaired) electrons. The highest BCUT2D eigenvalue weighted by Crippen LogP contribution is 2.21. The molecule has 0 atom stereocenters. The summed E-state index contributed by atoms with van der Waals surface area (Å²) in [4.78, 5) is 15.0. The summed E-state index contributed by atoms with van der Waals surface area (Å²) in [5.74, 6) is -0.346. The molecule has 5 heteroatoms. The number of carboxylic acid groups (broad SMARTS) is 1. The van der Waals surface area contributed by atoms with E-state index in [0.29, 0.717) is 12.4 Å². The number of aliphatic hydroxyl groups is 1. The summed E-state index contributed by atoms with van der Waals surface area (Å²) in [6, 6.07) is 3.94. The normalized spacial score (nSPS) is 11.1. The van der Waals surface area contributed by atoms with Crippen LogP contribution in [0.5, 0.6) is 0 Å². The topological polar surface area (TPSA) is 75.4 Å². The van der Waals surface area contributed by atoms with Gasteiger partial charge >= 0.3 is 5.97 Å². The van der Waals surface area contributed by atoms with Gasteiger partial charge in [0.05, 0.1) is 17.5 Å². The molecule has 2 N–H and O–H groups in total. The van der Waals surface area contributed by atoms with Crippen LogP contribution in [0.3, 0.4) is 0 Å². The minimum Gasteiger partial charge on any atom is -0.481 e. The lowest BCUT2D eigenvalue weighted by atomic mass is 10.1. The highest BCUT2D eigenvalue weighted by atomic mass is 16.4. The van der Waals surface area contributed by atoms with Gasteiger partial charge in [-0.05, 0) is 37.1 Å². The van der Waals surface area contributed by atoms with Gasteiger partial charge in [0.1, 0.15) is 12.4 Å². The van der Waals surface area contributed by atoms with Crippen molar-refractivity contribution in [3.63, 3.8) is 0 Å². The summed E-state index contributed by atoms with van der Waals surface area (Å²) in [6.45, 7) is 4.14. The Balaban J connectivity index is 2.53. The number of benzene rings is 1. The van der Waals surface area contributed by atoms with E-state index in [2.05, 4.69) is 4.98 Å². The molecule has 18 heavy (non-hydrogen) atoms. The molecule has 0 spiro atoms. The number of rotatable bonds is 4. The van der Waals surface area contributed by atoms with Gasteiger partial charge in [0, 0.05) is 6.54 Å². The van der Waals surface area contributed by atoms with E-state index in [4.69, 9.17) is 5.11 Å². The zero-order chi connectivity index (χ0) is 13.3. The Morgan fingerprint density at radius 3 is 2.61 bits per heavy atom. The van der Waals surface area contributed by atoms with Crippen molar-refractivity contribution in [2.75, 3.05) is 0 Å². The van der Waals surface area contributed by atoms with E-state index in [0.717, 1.165) is 22.2 Å². The lowest BCUT2D eigenvalue weighted by Gasteiger charge is -2.07. The van der Waals surface area contributed by atoms with Crippen molar-refractivity contribution in [3.8, 4) is 0 Å². The molecule has 1 heterocycles. The second kappa shape index (κ2) is 4.78. The van der Waals surface area contributed by atoms with E-state index in [1.54, 1.807) is 4.57 Å². The van der Waals surface area contributed by atoms with E-state index in [9.17, 15) is 9.90 Å². The van der Waals surface area contributed by atoms with Crippen LogP contribution in [-0.2, 0) is 17.9 Å². The number of carbonyl (C=O) groups is 1. The fraction of sp³-hybridized carbons (Fsp3) is 0.385. The third-order valence-electron chi connectivity index (χ3n) is 3.13. The zero-order valence-electron chi connectivity index (χ0n) is 10.5. The zero-order valence-corrected chi connectivity index (χ0v) is 10.5. The number of nitrogens with zero attached hydrogens (tertiary/aromatic N) is 2. The minimum absolute atomic E-state index is 0.0192. The van der Waals surface area contributed by atoms with Crippen molar-refractivity contribution in [2.24, 2.45) is 0 Å². The Bertz CT molecular complexity index is 602. The Morgan fingerprint density at radius 2 is 2.00 bits per heavy atom. The van der Waals surface area contributed by atoms with Crippen molar-refractivity contribution in [3.05, 3.63) is 29.1 Å². The van der Waals surface area contributed by atoms with Crippen LogP contribution in [0.2, 0.25) is 0 Å². The van der Waals surface area contributed by atoms with E-state index in [1.807, 2.05) is 26.0 Å². The van der Waals surface area contributed by atoms with Crippen LogP contribution in [0.4, 0.5) is 0 Å². The number of aliphatic carboxylic acids is 1. The average Bonchev–Trinajstić information content (AvgIpc) is 2.64. The third kappa shape index (κ3) is 2.22. The first-order valence-corrected chi connectivity index (χ1v) is 5.82. The lowest BCUT2D eigenvalue weighted by molar-refractivity contribution is -0.137. The molecule has 0 aliphatic carbocycles. The van der Waals surface area contributed by atoms with Gasteiger partial charge in [-0.1, -0.05) is 0 Å². The summed E-state index contributed by atoms with van der Waals surface area (Å²) in [5.41, 5.74) is 3.94. The SMILES string of the molecule is Cc1cc2nc(CO)n(CCC(=O)O)c2cc1C. The van der Waals surface area contributed by atoms with Crippen LogP contribution in [0.1, 0.15) is 23.4 Å². The number of aryl methyl sites for hydroxylation is 3. The Morgan fingerprint density at radius 1 is 1.33 bits per heavy atom. The maximum Gasteiger partial charge on any atom is 0.305 e. The number of imidazole rings is 1. The molecule has 5 nitrogen and oxygen atoms in total. The standard InChI is InChI=1S/C13H16N2O3/c1-8-5-10-11(6-9(8)2)15(4-3-13(17)18)12(7-16)14-10/h5-6,16H,3-4,7H2,1-2H3,(H,17,18). The summed E-state index contributed by atoms with van der Waals surface area (Å²) in [5, 5.41) is 18.0. The smallest absolute Gasteiger partial charge is 0.305 e. The largest absolute Gasteiger partial charge is 0.481 e. The highest BCUT2D eigenvalue weighted by molar-refractivity contribution is 5.78. The lowest BCUT2D eigenvalue weighted by Crippen LogP contribution is -2.08. The number of hydrogen-bond donors (Lipinski definition) is 2. The van der Waals surface area contributed by atoms with E-state index < -0.39 is 5.97 Å². The number of fused-ring (bicyclic) bond motifs is 1. The maximum absolute atomic E-state index is 10.7. The van der Waals surface area contributed by atoms with E-state index in [-0.39, 0.29) is 13.0 Å². The van der Waals surface area contributed by atoms with Gasteiger partial charge < -0.3 is 14.8 Å². The Kier molecular flexibility index (Phi) is 3.34. The molecule has 0 amide bonds. The molecule has 0 fully saturated rings. The highest BCUT2D eigenvalue weighted by Gasteiger charge is 2.12. The first-order chi connectivity index (χ1) is 8.52.